The molecule has 0 aromatic carbocycles. The van der Waals surface area contributed by atoms with Crippen molar-refractivity contribution in [2.24, 2.45) is 88.8 Å². The van der Waals surface area contributed by atoms with Gasteiger partial charge in [0.2, 0.25) is 0 Å². The second kappa shape index (κ2) is 62.2. The molecule has 0 radical (unpaired) electrons. The molecule has 20 atom stereocenters. The zero-order valence-electron chi connectivity index (χ0n) is 86.7. The lowest BCUT2D eigenvalue weighted by atomic mass is 9.90. The van der Waals surface area contributed by atoms with Crippen molar-refractivity contribution in [3.8, 4) is 0 Å². The molecule has 10 aliphatic carbocycles. The Kier molecular flexibility index (Phi) is 57.2. The SMILES string of the molecule is CCO[Si](OCC)(OCC)C1(SSSSC(SSSSC2([Si](OCC)(OCC)OCC)CC3CCC2C3)=C(C)C(SSSSC2([Si](OCC)(OCC)OCC)CC3CCC2C3)(SSSSC2([Si](OCC)(OCC)OCC)CC3CCC2C3)C(CC(C)CCCC(C)CCCCC(C)CCCC(C)CCCC(C)C)SSSSC2([Si](OCC)(OCC)OCC)CC3CCC2C3)CC2CCC1C2. The van der Waals surface area contributed by atoms with Crippen molar-refractivity contribution in [2.45, 2.75) is 402 Å². The molecule has 20 unspecified atom stereocenters. The Bertz CT molecular complexity index is 3160. The Hall–Kier alpha value is 7.22. The molecule has 0 aliphatic heterocycles. The van der Waals surface area contributed by atoms with Gasteiger partial charge in [0.05, 0.1) is 4.24 Å². The second-order valence-corrected chi connectivity index (χ2v) is 87.8. The second-order valence-electron chi connectivity index (χ2n) is 40.3. The van der Waals surface area contributed by atoms with E-state index in [0.717, 1.165) is 56.3 Å². The van der Waals surface area contributed by atoms with E-state index in [4.69, 9.17) is 66.4 Å². The first-order valence-corrected chi connectivity index (χ1v) is 85.8. The van der Waals surface area contributed by atoms with Crippen LogP contribution < -0.4 is 0 Å². The third kappa shape index (κ3) is 30.6. The van der Waals surface area contributed by atoms with Crippen molar-refractivity contribution in [3.05, 3.63) is 9.81 Å². The molecule has 10 aliphatic rings. The zero-order valence-corrected chi connectivity index (χ0v) is 108. The molecule has 10 saturated carbocycles. The Labute approximate surface area is 905 Å². The fourth-order valence-electron chi connectivity index (χ4n) is 25.4. The minimum Gasteiger partial charge on any atom is -0.373 e. The molecular weight excluding hydrogens is 2160 g/mol. The van der Waals surface area contributed by atoms with Gasteiger partial charge in [0.1, 0.15) is 25.9 Å². The maximum absolute atomic E-state index is 7.21. The normalized spacial score (nSPS) is 29.8. The largest absolute Gasteiger partial charge is 0.519 e. The van der Waals surface area contributed by atoms with Crippen LogP contribution in [0.25, 0.3) is 0 Å². The average molecular weight is 2340 g/mol. The summed E-state index contributed by atoms with van der Waals surface area (Å²) in [5.41, 5.74) is 1.43. The van der Waals surface area contributed by atoms with Gasteiger partial charge in [-0.2, -0.15) is 0 Å². The van der Waals surface area contributed by atoms with Crippen molar-refractivity contribution < 1.29 is 66.4 Å². The summed E-state index contributed by atoms with van der Waals surface area (Å²) in [5, 5.41) is 0.0867. The van der Waals surface area contributed by atoms with Crippen LogP contribution in [0.1, 0.15) is 371 Å². The molecule has 10 rings (SSSR count). The lowest BCUT2D eigenvalue weighted by molar-refractivity contribution is 0.0494. The molecule has 40 heteroatoms. The zero-order chi connectivity index (χ0) is 97.3. The highest BCUT2D eigenvalue weighted by atomic mass is 33.7. The standard InChI is InChI=1S/C95H180O15S20Si5/c1-23-96-131(97-24-2,98-25-3)90(67-78-51-56-83(90)62-78)114-124-121-111-88(61-76(21)50-42-49-74(19)45-39-38-44-73(18)47-41-48-75(20)46-40-43-72(16)17)95(119-129-127-117-93(70-81-54-59-86(93)65-81)134(105-32-10,106-33-11)107-34-12,120-130-128-118-94(71-82-55-60-87(94)66-82)135(108-35-13,109-36-14)110-37-15)77(22)89(112-122-125-115-91(68-79-52-57-84(91)63-79)132(99-26-4,100-27-5)101-28-6)113-123-126-116-92(69-80-53-58-85(92)64-80)133(102-29-7,103-30-8)104-31-9/h72-76,78-88H,23-71H2,1-22H3. The van der Waals surface area contributed by atoms with Crippen LogP contribution in [0, 0.1) is 88.8 Å². The first kappa shape index (κ1) is 124. The molecule has 0 aromatic heterocycles. The number of unbranched alkanes of at least 4 members (excludes halogenated alkanes) is 1. The van der Waals surface area contributed by atoms with Gasteiger partial charge < -0.3 is 66.4 Å². The third-order valence-electron chi connectivity index (χ3n) is 31.1. The Morgan fingerprint density at radius 2 is 0.496 bits per heavy atom. The van der Waals surface area contributed by atoms with Gasteiger partial charge in [-0.25, -0.2) is 0 Å². The summed E-state index contributed by atoms with van der Waals surface area (Å²) < 4.78 is 107. The van der Waals surface area contributed by atoms with E-state index in [2.05, 4.69) is 239 Å². The average Bonchev–Trinajstić information content (AvgIpc) is 1.61. The monoisotopic (exact) mass is 2340 g/mol. The number of fused-ring (bicyclic) bond motifs is 10. The molecule has 790 valence electrons. The van der Waals surface area contributed by atoms with Gasteiger partial charge in [-0.05, 0) is 428 Å². The minimum atomic E-state index is -3.32. The predicted octanol–water partition coefficient (Wildman–Crippen LogP) is 36.1. The molecule has 0 amide bonds. The summed E-state index contributed by atoms with van der Waals surface area (Å²) in [6.45, 7) is 58.4. The van der Waals surface area contributed by atoms with Crippen molar-refractivity contribution >= 4 is 250 Å². The molecule has 0 N–H and O–H groups in total. The van der Waals surface area contributed by atoms with E-state index in [9.17, 15) is 0 Å². The van der Waals surface area contributed by atoms with Gasteiger partial charge in [0.25, 0.3) is 0 Å². The minimum absolute atomic E-state index is 0.0867. The van der Waals surface area contributed by atoms with Crippen LogP contribution in [0.15, 0.2) is 9.81 Å². The number of hydrogen-bond acceptors (Lipinski definition) is 35. The summed E-state index contributed by atoms with van der Waals surface area (Å²) >= 11 is 0. The Balaban J connectivity index is 1.12. The van der Waals surface area contributed by atoms with Crippen molar-refractivity contribution in [1.29, 1.82) is 0 Å². The summed E-state index contributed by atoms with van der Waals surface area (Å²) in [7, 11) is 24.5. The van der Waals surface area contributed by atoms with E-state index in [1.165, 1.54) is 190 Å². The van der Waals surface area contributed by atoms with Crippen molar-refractivity contribution in [3.63, 3.8) is 0 Å². The van der Waals surface area contributed by atoms with E-state index in [1.807, 2.05) is 120 Å². The molecule has 0 heterocycles. The fourth-order valence-corrected chi connectivity index (χ4v) is 99.2. The first-order chi connectivity index (χ1) is 65.3. The molecule has 0 saturated heterocycles. The lowest BCUT2D eigenvalue weighted by Crippen LogP contribution is -2.65. The van der Waals surface area contributed by atoms with E-state index in [-0.39, 0.29) is 27.1 Å². The van der Waals surface area contributed by atoms with Crippen LogP contribution >= 0.6 is 206 Å². The van der Waals surface area contributed by atoms with Crippen LogP contribution in [0.5, 0.6) is 0 Å². The number of rotatable bonds is 81. The topological polar surface area (TPSA) is 138 Å². The molecular formula is C95H180O15S20Si5. The van der Waals surface area contributed by atoms with Crippen molar-refractivity contribution in [2.75, 3.05) is 99.1 Å². The molecule has 10 fully saturated rings. The summed E-state index contributed by atoms with van der Waals surface area (Å²) in [6, 6.07) is 0. The Morgan fingerprint density at radius 3 is 0.719 bits per heavy atom. The van der Waals surface area contributed by atoms with E-state index in [0.29, 0.717) is 170 Å². The highest BCUT2D eigenvalue weighted by molar-refractivity contribution is 9.31. The summed E-state index contributed by atoms with van der Waals surface area (Å²) in [4.78, 5) is 0. The van der Waals surface area contributed by atoms with Crippen LogP contribution in [-0.2, 0) is 66.4 Å². The molecule has 0 aromatic rings. The van der Waals surface area contributed by atoms with Gasteiger partial charge >= 0.3 is 44.0 Å². The van der Waals surface area contributed by atoms with E-state index >= 15 is 0 Å². The maximum atomic E-state index is 7.21. The molecule has 15 nitrogen and oxygen atoms in total. The maximum Gasteiger partial charge on any atom is 0.519 e. The van der Waals surface area contributed by atoms with Crippen LogP contribution in [-0.4, -0.2) is 174 Å². The first-order valence-electron chi connectivity index (χ1n) is 53.1. The van der Waals surface area contributed by atoms with Crippen molar-refractivity contribution in [1.82, 2.24) is 0 Å². The smallest absolute Gasteiger partial charge is 0.373 e. The number of hydrogen-bond donors (Lipinski definition) is 0. The van der Waals surface area contributed by atoms with Gasteiger partial charge in [-0.15, -0.1) is 0 Å². The highest BCUT2D eigenvalue weighted by Crippen LogP contribution is 2.77. The fraction of sp³-hybridized carbons (Fsp3) is 0.979. The highest BCUT2D eigenvalue weighted by Gasteiger charge is 2.76. The quantitative estimate of drug-likeness (QED) is 0.0247. The molecule has 135 heavy (non-hydrogen) atoms. The lowest BCUT2D eigenvalue weighted by Gasteiger charge is -2.47. The summed E-state index contributed by atoms with van der Waals surface area (Å²) in [6.07, 6.45) is 42.0. The molecule has 0 spiro atoms. The predicted molar refractivity (Wildman–Crippen MR) is 631 cm³/mol. The molecule has 10 bridgehead atoms. The van der Waals surface area contributed by atoms with Crippen LogP contribution in [0.3, 0.4) is 0 Å². The Morgan fingerprint density at radius 1 is 0.274 bits per heavy atom. The van der Waals surface area contributed by atoms with E-state index in [1.54, 1.807) is 0 Å². The van der Waals surface area contributed by atoms with Gasteiger partial charge in [0, 0.05) is 104 Å². The van der Waals surface area contributed by atoms with E-state index < -0.39 is 48.1 Å². The third-order valence-corrected chi connectivity index (χ3v) is 94.6. The van der Waals surface area contributed by atoms with Gasteiger partial charge in [-0.3, -0.25) is 0 Å². The van der Waals surface area contributed by atoms with Gasteiger partial charge in [0.15, 0.2) is 0 Å². The van der Waals surface area contributed by atoms with Gasteiger partial charge in [-0.1, -0.05) is 243 Å². The van der Waals surface area contributed by atoms with Crippen LogP contribution in [0.2, 0.25) is 0 Å². The summed E-state index contributed by atoms with van der Waals surface area (Å²) in [5.74, 6) is 9.02. The van der Waals surface area contributed by atoms with Crippen LogP contribution in [0.4, 0.5) is 0 Å².